The van der Waals surface area contributed by atoms with E-state index in [1.165, 1.54) is 18.3 Å². The van der Waals surface area contributed by atoms with Gasteiger partial charge in [-0.15, -0.1) is 11.3 Å². The molecule has 5 rings (SSSR count). The van der Waals surface area contributed by atoms with Crippen LogP contribution in [0.3, 0.4) is 0 Å². The molecule has 3 heterocycles. The van der Waals surface area contributed by atoms with Crippen LogP contribution in [0.5, 0.6) is 0 Å². The number of aromatic nitrogens is 2. The van der Waals surface area contributed by atoms with Gasteiger partial charge in [0.2, 0.25) is 5.91 Å². The summed E-state index contributed by atoms with van der Waals surface area (Å²) in [6.45, 7) is 1.54. The van der Waals surface area contributed by atoms with Crippen LogP contribution in [0, 0.1) is 0 Å². The molecule has 0 radical (unpaired) electrons. The van der Waals surface area contributed by atoms with Gasteiger partial charge in [0.25, 0.3) is 11.8 Å². The van der Waals surface area contributed by atoms with Crippen LogP contribution in [-0.4, -0.2) is 38.6 Å². The zero-order valence-corrected chi connectivity index (χ0v) is 18.9. The van der Waals surface area contributed by atoms with E-state index in [0.29, 0.717) is 16.8 Å². The molecule has 2 aromatic heterocycles. The third-order valence-corrected chi connectivity index (χ3v) is 6.23. The molecule has 3 amide bonds. The lowest BCUT2D eigenvalue weighted by atomic mass is 10.1. The molecule has 2 N–H and O–H groups in total. The van der Waals surface area contributed by atoms with Gasteiger partial charge in [0.1, 0.15) is 6.04 Å². The first-order valence-electron chi connectivity index (χ1n) is 10.5. The van der Waals surface area contributed by atoms with Crippen molar-refractivity contribution in [2.45, 2.75) is 13.0 Å². The highest BCUT2D eigenvalue weighted by molar-refractivity contribution is 7.14. The van der Waals surface area contributed by atoms with E-state index in [2.05, 4.69) is 20.6 Å². The Balaban J connectivity index is 1.22. The van der Waals surface area contributed by atoms with Crippen molar-refractivity contribution in [3.05, 3.63) is 89.6 Å². The van der Waals surface area contributed by atoms with Crippen molar-refractivity contribution in [1.82, 2.24) is 14.9 Å². The monoisotopic (exact) mass is 469 g/mol. The minimum Gasteiger partial charge on any atom is -0.332 e. The van der Waals surface area contributed by atoms with Crippen molar-refractivity contribution >= 4 is 45.6 Å². The third kappa shape index (κ3) is 4.04. The molecule has 1 aliphatic rings. The van der Waals surface area contributed by atoms with Crippen molar-refractivity contribution in [3.63, 3.8) is 0 Å². The zero-order valence-electron chi connectivity index (χ0n) is 18.1. The summed E-state index contributed by atoms with van der Waals surface area (Å²) in [4.78, 5) is 47.6. The highest BCUT2D eigenvalue weighted by atomic mass is 32.1. The Morgan fingerprint density at radius 2 is 1.53 bits per heavy atom. The van der Waals surface area contributed by atoms with E-state index in [1.807, 2.05) is 29.6 Å². The van der Waals surface area contributed by atoms with E-state index in [-0.39, 0.29) is 0 Å². The van der Waals surface area contributed by atoms with Crippen molar-refractivity contribution in [3.8, 4) is 11.3 Å². The maximum Gasteiger partial charge on any atom is 0.262 e. The summed E-state index contributed by atoms with van der Waals surface area (Å²) >= 11 is 1.49. The second-order valence-electron chi connectivity index (χ2n) is 7.67. The van der Waals surface area contributed by atoms with E-state index in [0.717, 1.165) is 27.0 Å². The topological polar surface area (TPSA) is 104 Å². The lowest BCUT2D eigenvalue weighted by Crippen LogP contribution is -2.45. The second kappa shape index (κ2) is 8.87. The number of carbonyl (C=O) groups excluding carboxylic acids is 3. The van der Waals surface area contributed by atoms with Crippen LogP contribution in [0.4, 0.5) is 16.5 Å². The van der Waals surface area contributed by atoms with E-state index >= 15 is 0 Å². The molecule has 2 aromatic carbocycles. The first-order valence-corrected chi connectivity index (χ1v) is 11.4. The molecule has 34 heavy (non-hydrogen) atoms. The Labute approximate surface area is 199 Å². The summed E-state index contributed by atoms with van der Waals surface area (Å²) < 4.78 is 0. The molecule has 8 nitrogen and oxygen atoms in total. The summed E-state index contributed by atoms with van der Waals surface area (Å²) in [6, 6.07) is 16.5. The van der Waals surface area contributed by atoms with Gasteiger partial charge in [0.15, 0.2) is 5.13 Å². The largest absolute Gasteiger partial charge is 0.332 e. The van der Waals surface area contributed by atoms with Crippen molar-refractivity contribution in [2.75, 3.05) is 10.6 Å². The Morgan fingerprint density at radius 1 is 0.912 bits per heavy atom. The third-order valence-electron chi connectivity index (χ3n) is 5.48. The van der Waals surface area contributed by atoms with Gasteiger partial charge in [-0.2, -0.15) is 0 Å². The van der Waals surface area contributed by atoms with Crippen LogP contribution in [0.15, 0.2) is 78.4 Å². The zero-order chi connectivity index (χ0) is 23.7. The van der Waals surface area contributed by atoms with E-state index < -0.39 is 23.8 Å². The molecule has 1 unspecified atom stereocenters. The molecule has 0 aliphatic carbocycles. The number of hydrogen-bond donors (Lipinski definition) is 2. The average Bonchev–Trinajstić information content (AvgIpc) is 3.43. The predicted molar refractivity (Wildman–Crippen MR) is 130 cm³/mol. The van der Waals surface area contributed by atoms with E-state index in [4.69, 9.17) is 0 Å². The fourth-order valence-electron chi connectivity index (χ4n) is 3.67. The van der Waals surface area contributed by atoms with Gasteiger partial charge in [-0.1, -0.05) is 12.1 Å². The van der Waals surface area contributed by atoms with Gasteiger partial charge >= 0.3 is 0 Å². The summed E-state index contributed by atoms with van der Waals surface area (Å²) in [5.41, 5.74) is 3.84. The van der Waals surface area contributed by atoms with Crippen LogP contribution in [-0.2, 0) is 4.79 Å². The van der Waals surface area contributed by atoms with Crippen molar-refractivity contribution in [1.29, 1.82) is 0 Å². The number of pyridine rings is 1. The SMILES string of the molecule is CC(C(=O)Nc1ccc(Nc2nc(-c3ccncc3)cs2)cc1)N1C(=O)c2ccccc2C1=O. The highest BCUT2D eigenvalue weighted by Crippen LogP contribution is 2.28. The van der Waals surface area contributed by atoms with Crippen LogP contribution < -0.4 is 10.6 Å². The standard InChI is InChI=1S/C25H19N5O3S/c1-15(30-23(32)19-4-2-3-5-20(19)24(30)33)22(31)27-17-6-8-18(9-7-17)28-25-29-21(14-34-25)16-10-12-26-13-11-16/h2-15H,1H3,(H,27,31)(H,28,29). The van der Waals surface area contributed by atoms with Crippen LogP contribution in [0.25, 0.3) is 11.3 Å². The van der Waals surface area contributed by atoms with Gasteiger partial charge in [-0.3, -0.25) is 24.3 Å². The molecule has 4 aromatic rings. The first kappa shape index (κ1) is 21.5. The normalized spacial score (nSPS) is 13.5. The number of imide groups is 1. The number of benzene rings is 2. The Kier molecular flexibility index (Phi) is 5.60. The number of nitrogens with zero attached hydrogens (tertiary/aromatic N) is 3. The second-order valence-corrected chi connectivity index (χ2v) is 8.53. The lowest BCUT2D eigenvalue weighted by molar-refractivity contribution is -0.119. The highest BCUT2D eigenvalue weighted by Gasteiger charge is 2.40. The average molecular weight is 470 g/mol. The summed E-state index contributed by atoms with van der Waals surface area (Å²) in [7, 11) is 0. The molecular weight excluding hydrogens is 450 g/mol. The summed E-state index contributed by atoms with van der Waals surface area (Å²) in [5.74, 6) is -1.37. The lowest BCUT2D eigenvalue weighted by Gasteiger charge is -2.21. The smallest absolute Gasteiger partial charge is 0.262 e. The predicted octanol–water partition coefficient (Wildman–Crippen LogP) is 4.57. The number of nitrogens with one attached hydrogen (secondary N) is 2. The number of fused-ring (bicyclic) bond motifs is 1. The summed E-state index contributed by atoms with van der Waals surface area (Å²) in [5, 5.41) is 8.72. The number of rotatable bonds is 6. The van der Waals surface area contributed by atoms with E-state index in [9.17, 15) is 14.4 Å². The fraction of sp³-hybridized carbons (Fsp3) is 0.0800. The molecule has 0 saturated carbocycles. The minimum atomic E-state index is -0.952. The van der Waals surface area contributed by atoms with Crippen LogP contribution in [0.1, 0.15) is 27.6 Å². The van der Waals surface area contributed by atoms with Gasteiger partial charge < -0.3 is 10.6 Å². The number of hydrogen-bond acceptors (Lipinski definition) is 7. The quantitative estimate of drug-likeness (QED) is 0.401. The van der Waals surface area contributed by atoms with Crippen molar-refractivity contribution in [2.24, 2.45) is 0 Å². The molecule has 0 spiro atoms. The van der Waals surface area contributed by atoms with Gasteiger partial charge in [0, 0.05) is 34.7 Å². The number of carbonyl (C=O) groups is 3. The molecule has 168 valence electrons. The van der Waals surface area contributed by atoms with Crippen LogP contribution >= 0.6 is 11.3 Å². The Bertz CT molecular complexity index is 1350. The fourth-order valence-corrected chi connectivity index (χ4v) is 4.41. The molecular formula is C25H19N5O3S. The van der Waals surface area contributed by atoms with Crippen LogP contribution in [0.2, 0.25) is 0 Å². The molecule has 1 atom stereocenters. The molecule has 0 saturated heterocycles. The van der Waals surface area contributed by atoms with E-state index in [1.54, 1.807) is 48.8 Å². The molecule has 0 fully saturated rings. The van der Waals surface area contributed by atoms with Gasteiger partial charge in [-0.25, -0.2) is 4.98 Å². The minimum absolute atomic E-state index is 0.317. The number of anilines is 3. The first-order chi connectivity index (χ1) is 16.5. The molecule has 0 bridgehead atoms. The maximum atomic E-state index is 12.8. The molecule has 9 heteroatoms. The summed E-state index contributed by atoms with van der Waals surface area (Å²) in [6.07, 6.45) is 3.45. The Morgan fingerprint density at radius 3 is 2.18 bits per heavy atom. The number of amides is 3. The Hall–Kier alpha value is -4.37. The number of thiazole rings is 1. The van der Waals surface area contributed by atoms with Gasteiger partial charge in [0.05, 0.1) is 16.8 Å². The molecule has 1 aliphatic heterocycles. The maximum absolute atomic E-state index is 12.8. The van der Waals surface area contributed by atoms with Crippen molar-refractivity contribution < 1.29 is 14.4 Å². The van der Waals surface area contributed by atoms with Gasteiger partial charge in [-0.05, 0) is 55.5 Å².